The topological polar surface area (TPSA) is 12.0 Å². The van der Waals surface area contributed by atoms with Crippen LogP contribution in [0, 0.1) is 0 Å². The van der Waals surface area contributed by atoms with Crippen molar-refractivity contribution in [3.63, 3.8) is 0 Å². The summed E-state index contributed by atoms with van der Waals surface area (Å²) in [7, 11) is 0. The molecule has 0 spiro atoms. The first-order chi connectivity index (χ1) is 11.3. The molecule has 0 saturated heterocycles. The van der Waals surface area contributed by atoms with Crippen molar-refractivity contribution in [3.8, 4) is 0 Å². The summed E-state index contributed by atoms with van der Waals surface area (Å²) in [5, 5.41) is 5.92. The van der Waals surface area contributed by atoms with Gasteiger partial charge in [-0.05, 0) is 33.5 Å². The van der Waals surface area contributed by atoms with Crippen LogP contribution in [0.3, 0.4) is 0 Å². The van der Waals surface area contributed by atoms with E-state index in [2.05, 4.69) is 90.9 Å². The minimum absolute atomic E-state index is 1.02. The summed E-state index contributed by atoms with van der Waals surface area (Å²) in [6.45, 7) is 4.28. The normalized spacial score (nSPS) is 17.4. The third-order valence-electron chi connectivity index (χ3n) is 4.20. The molecule has 1 aliphatic heterocycles. The first-order valence-corrected chi connectivity index (χ1v) is 7.74. The molecule has 0 amide bonds. The molecule has 110 valence electrons. The van der Waals surface area contributed by atoms with E-state index in [1.807, 2.05) is 6.07 Å². The largest absolute Gasteiger partial charge is 0.361 e. The molecule has 1 N–H and O–H groups in total. The summed E-state index contributed by atoms with van der Waals surface area (Å²) in [4.78, 5) is 0. The number of allylic oxidation sites excluding steroid dienone is 4. The Hall–Kier alpha value is -3.06. The fourth-order valence-electron chi connectivity index (χ4n) is 3.03. The van der Waals surface area contributed by atoms with Crippen molar-refractivity contribution in [1.82, 2.24) is 0 Å². The minimum atomic E-state index is 1.02. The lowest BCUT2D eigenvalue weighted by Gasteiger charge is -2.16. The number of nitrogens with one attached hydrogen (secondary N) is 1. The fraction of sp³-hybridized carbons (Fsp3) is 0. The van der Waals surface area contributed by atoms with Crippen LogP contribution >= 0.6 is 0 Å². The molecule has 1 heterocycles. The quantitative estimate of drug-likeness (QED) is 0.591. The number of hydrogen-bond acceptors (Lipinski definition) is 1. The van der Waals surface area contributed by atoms with Gasteiger partial charge in [0, 0.05) is 17.5 Å². The molecule has 1 aliphatic rings. The standard InChI is InChI=1S/C22H17N/c1-16-11-12-19(17-7-3-2-4-8-17)15-23-21-14-13-18-9-5-6-10-20(18)22(16)21/h2-15,23H,1H2/b12-11-,19-15+. The van der Waals surface area contributed by atoms with Crippen LogP contribution in [0.4, 0.5) is 5.69 Å². The van der Waals surface area contributed by atoms with E-state index in [9.17, 15) is 0 Å². The Morgan fingerprint density at radius 2 is 1.52 bits per heavy atom. The van der Waals surface area contributed by atoms with E-state index < -0.39 is 0 Å². The van der Waals surface area contributed by atoms with Crippen molar-refractivity contribution >= 4 is 27.6 Å². The van der Waals surface area contributed by atoms with Crippen LogP contribution in [0.1, 0.15) is 11.1 Å². The van der Waals surface area contributed by atoms with Crippen molar-refractivity contribution in [2.75, 3.05) is 5.32 Å². The van der Waals surface area contributed by atoms with Gasteiger partial charge in [-0.1, -0.05) is 79.4 Å². The second-order valence-electron chi connectivity index (χ2n) is 5.68. The van der Waals surface area contributed by atoms with E-state index in [0.29, 0.717) is 0 Å². The van der Waals surface area contributed by atoms with Gasteiger partial charge in [-0.2, -0.15) is 0 Å². The molecule has 0 atom stereocenters. The molecule has 1 heteroatoms. The van der Waals surface area contributed by atoms with Gasteiger partial charge >= 0.3 is 0 Å². The van der Waals surface area contributed by atoms with Crippen LogP contribution < -0.4 is 5.32 Å². The molecule has 0 aromatic heterocycles. The second-order valence-corrected chi connectivity index (χ2v) is 5.68. The highest BCUT2D eigenvalue weighted by molar-refractivity contribution is 6.02. The number of fused-ring (bicyclic) bond motifs is 3. The lowest BCUT2D eigenvalue weighted by molar-refractivity contribution is 1.53. The minimum Gasteiger partial charge on any atom is -0.361 e. The maximum Gasteiger partial charge on any atom is 0.0465 e. The third kappa shape index (κ3) is 2.47. The molecule has 1 nitrogen and oxygen atoms in total. The Kier molecular flexibility index (Phi) is 3.32. The van der Waals surface area contributed by atoms with Crippen molar-refractivity contribution in [2.45, 2.75) is 0 Å². The zero-order valence-electron chi connectivity index (χ0n) is 12.8. The molecule has 0 fully saturated rings. The molecular weight excluding hydrogens is 278 g/mol. The van der Waals surface area contributed by atoms with Gasteiger partial charge in [0.05, 0.1) is 0 Å². The van der Waals surface area contributed by atoms with Crippen LogP contribution in [-0.2, 0) is 0 Å². The molecule has 0 bridgehead atoms. The van der Waals surface area contributed by atoms with Crippen molar-refractivity contribution < 1.29 is 0 Å². The summed E-state index contributed by atoms with van der Waals surface area (Å²) < 4.78 is 0. The van der Waals surface area contributed by atoms with Crippen LogP contribution in [-0.4, -0.2) is 0 Å². The molecule has 0 saturated carbocycles. The number of anilines is 1. The van der Waals surface area contributed by atoms with Crippen molar-refractivity contribution in [2.24, 2.45) is 0 Å². The Morgan fingerprint density at radius 1 is 0.739 bits per heavy atom. The van der Waals surface area contributed by atoms with Gasteiger partial charge in [0.25, 0.3) is 0 Å². The Labute approximate surface area is 136 Å². The SMILES string of the molecule is C=C1/C=C\C(c2ccccc2)=C/Nc2ccc3ccccc3c21. The number of rotatable bonds is 1. The van der Waals surface area contributed by atoms with Gasteiger partial charge in [0.1, 0.15) is 0 Å². The van der Waals surface area contributed by atoms with Crippen molar-refractivity contribution in [1.29, 1.82) is 0 Å². The molecular formula is C22H17N. The van der Waals surface area contributed by atoms with E-state index in [4.69, 9.17) is 0 Å². The highest BCUT2D eigenvalue weighted by Gasteiger charge is 2.11. The molecule has 3 aromatic rings. The predicted molar refractivity (Wildman–Crippen MR) is 100 cm³/mol. The zero-order chi connectivity index (χ0) is 15.6. The summed E-state index contributed by atoms with van der Waals surface area (Å²) in [5.74, 6) is 0. The lowest BCUT2D eigenvalue weighted by Crippen LogP contribution is -1.98. The van der Waals surface area contributed by atoms with Gasteiger partial charge in [0.15, 0.2) is 0 Å². The van der Waals surface area contributed by atoms with E-state index >= 15 is 0 Å². The Balaban J connectivity index is 1.86. The average molecular weight is 295 g/mol. The van der Waals surface area contributed by atoms with Gasteiger partial charge < -0.3 is 5.32 Å². The van der Waals surface area contributed by atoms with Gasteiger partial charge in [-0.15, -0.1) is 0 Å². The molecule has 3 aromatic carbocycles. The first-order valence-electron chi connectivity index (χ1n) is 7.74. The maximum absolute atomic E-state index is 4.28. The van der Waals surface area contributed by atoms with Crippen LogP contribution in [0.5, 0.6) is 0 Å². The number of hydrogen-bond donors (Lipinski definition) is 1. The second kappa shape index (κ2) is 5.62. The van der Waals surface area contributed by atoms with E-state index in [1.165, 1.54) is 21.9 Å². The highest BCUT2D eigenvalue weighted by atomic mass is 14.8. The Bertz CT molecular complexity index is 946. The first kappa shape index (κ1) is 13.6. The highest BCUT2D eigenvalue weighted by Crippen LogP contribution is 2.34. The number of benzene rings is 3. The monoisotopic (exact) mass is 295 g/mol. The van der Waals surface area contributed by atoms with Crippen molar-refractivity contribution in [3.05, 3.63) is 103 Å². The average Bonchev–Trinajstić information content (AvgIpc) is 2.60. The zero-order valence-corrected chi connectivity index (χ0v) is 12.8. The summed E-state index contributed by atoms with van der Waals surface area (Å²) in [5.41, 5.74) is 5.61. The van der Waals surface area contributed by atoms with E-state index in [-0.39, 0.29) is 0 Å². The molecule has 23 heavy (non-hydrogen) atoms. The smallest absolute Gasteiger partial charge is 0.0465 e. The van der Waals surface area contributed by atoms with E-state index in [0.717, 1.165) is 16.8 Å². The maximum atomic E-state index is 4.28. The Morgan fingerprint density at radius 3 is 2.39 bits per heavy atom. The third-order valence-corrected chi connectivity index (χ3v) is 4.20. The van der Waals surface area contributed by atoms with Gasteiger partial charge in [-0.25, -0.2) is 0 Å². The van der Waals surface area contributed by atoms with Crippen LogP contribution in [0.15, 0.2) is 91.7 Å². The van der Waals surface area contributed by atoms with E-state index in [1.54, 1.807) is 0 Å². The summed E-state index contributed by atoms with van der Waals surface area (Å²) >= 11 is 0. The fourth-order valence-corrected chi connectivity index (χ4v) is 3.03. The van der Waals surface area contributed by atoms with Crippen LogP contribution in [0.25, 0.3) is 21.9 Å². The van der Waals surface area contributed by atoms with Gasteiger partial charge in [0.2, 0.25) is 0 Å². The van der Waals surface area contributed by atoms with Crippen LogP contribution in [0.2, 0.25) is 0 Å². The lowest BCUT2D eigenvalue weighted by atomic mass is 9.94. The molecule has 0 unspecified atom stereocenters. The summed E-state index contributed by atoms with van der Waals surface area (Å²) in [6, 6.07) is 23.1. The molecule has 4 rings (SSSR count). The molecule has 0 aliphatic carbocycles. The predicted octanol–water partition coefficient (Wildman–Crippen LogP) is 5.88. The van der Waals surface area contributed by atoms with Gasteiger partial charge in [-0.3, -0.25) is 0 Å². The summed E-state index contributed by atoms with van der Waals surface area (Å²) in [6.07, 6.45) is 6.28. The molecule has 0 radical (unpaired) electrons.